The van der Waals surface area contributed by atoms with Crippen molar-refractivity contribution in [3.63, 3.8) is 0 Å². The maximum atomic E-state index is 13.1. The molecular weight excluding hydrogens is 408 g/mol. The fraction of sp³-hybridized carbons (Fsp3) is 0.429. The van der Waals surface area contributed by atoms with Crippen molar-refractivity contribution in [2.45, 2.75) is 38.5 Å². The molecule has 2 aliphatic heterocycles. The molecule has 0 aliphatic carbocycles. The molecule has 0 radical (unpaired) electrons. The van der Waals surface area contributed by atoms with E-state index in [1.807, 2.05) is 12.1 Å². The number of fused-ring (bicyclic) bond motifs is 1. The van der Waals surface area contributed by atoms with Crippen LogP contribution in [0.5, 0.6) is 0 Å². The van der Waals surface area contributed by atoms with Crippen molar-refractivity contribution >= 4 is 23.6 Å². The van der Waals surface area contributed by atoms with Gasteiger partial charge in [0.1, 0.15) is 12.3 Å². The summed E-state index contributed by atoms with van der Waals surface area (Å²) in [5, 5.41) is 10.2. The minimum atomic E-state index is -0.929. The van der Waals surface area contributed by atoms with E-state index in [4.69, 9.17) is 16.3 Å². The highest BCUT2D eigenvalue weighted by atomic mass is 35.5. The standard InChI is InChI=1S/C21H23ClN4O4/c1-30-12-19-23-6-4-17(24-19)20(27)25-8-5-13-9-14(22)10-15(16(13)11-25)18-3-2-7-26(18)21(28)29/h4,6,9-10,18H,2-3,5,7-8,11-12H2,1H3,(H,28,29). The van der Waals surface area contributed by atoms with Crippen molar-refractivity contribution in [1.29, 1.82) is 0 Å². The van der Waals surface area contributed by atoms with E-state index in [2.05, 4.69) is 9.97 Å². The van der Waals surface area contributed by atoms with Crippen LogP contribution in [0.2, 0.25) is 5.02 Å². The fourth-order valence-electron chi connectivity index (χ4n) is 4.33. The topological polar surface area (TPSA) is 95.9 Å². The smallest absolute Gasteiger partial charge is 0.407 e. The summed E-state index contributed by atoms with van der Waals surface area (Å²) in [7, 11) is 1.55. The Hall–Kier alpha value is -2.71. The Labute approximate surface area is 179 Å². The molecule has 2 aromatic rings. The van der Waals surface area contributed by atoms with Crippen molar-refractivity contribution in [2.24, 2.45) is 0 Å². The van der Waals surface area contributed by atoms with E-state index >= 15 is 0 Å². The SMILES string of the molecule is COCc1nccc(C(=O)N2CCc3cc(Cl)cc(C4CCCN4C(=O)O)c3C2)n1. The molecule has 30 heavy (non-hydrogen) atoms. The largest absolute Gasteiger partial charge is 0.465 e. The summed E-state index contributed by atoms with van der Waals surface area (Å²) in [5.74, 6) is 0.277. The van der Waals surface area contributed by atoms with Crippen LogP contribution in [0, 0.1) is 0 Å². The summed E-state index contributed by atoms with van der Waals surface area (Å²) in [4.78, 5) is 36.4. The molecule has 8 nitrogen and oxygen atoms in total. The molecule has 3 heterocycles. The fourth-order valence-corrected chi connectivity index (χ4v) is 4.58. The lowest BCUT2D eigenvalue weighted by atomic mass is 9.90. The highest BCUT2D eigenvalue weighted by molar-refractivity contribution is 6.30. The Kier molecular flexibility index (Phi) is 5.87. The maximum absolute atomic E-state index is 13.1. The number of ether oxygens (including phenoxy) is 1. The number of likely N-dealkylation sites (tertiary alicyclic amines) is 1. The lowest BCUT2D eigenvalue weighted by molar-refractivity contribution is 0.0725. The number of carbonyl (C=O) groups excluding carboxylic acids is 1. The van der Waals surface area contributed by atoms with Crippen LogP contribution in [0.3, 0.4) is 0 Å². The zero-order valence-electron chi connectivity index (χ0n) is 16.7. The zero-order chi connectivity index (χ0) is 21.3. The molecule has 9 heteroatoms. The monoisotopic (exact) mass is 430 g/mol. The number of benzene rings is 1. The Morgan fingerprint density at radius 2 is 2.17 bits per heavy atom. The van der Waals surface area contributed by atoms with Crippen molar-refractivity contribution in [1.82, 2.24) is 19.8 Å². The van der Waals surface area contributed by atoms with Crippen LogP contribution in [0.15, 0.2) is 24.4 Å². The molecule has 4 rings (SSSR count). The van der Waals surface area contributed by atoms with Crippen molar-refractivity contribution in [2.75, 3.05) is 20.2 Å². The number of hydrogen-bond donors (Lipinski definition) is 1. The molecule has 1 atom stereocenters. The third-order valence-electron chi connectivity index (χ3n) is 5.68. The second-order valence-electron chi connectivity index (χ2n) is 7.53. The molecule has 0 spiro atoms. The molecule has 1 aromatic carbocycles. The van der Waals surface area contributed by atoms with E-state index in [0.717, 1.165) is 29.5 Å². The number of halogens is 1. The van der Waals surface area contributed by atoms with Crippen LogP contribution >= 0.6 is 11.6 Å². The molecule has 2 aliphatic rings. The predicted molar refractivity (Wildman–Crippen MR) is 109 cm³/mol. The number of methoxy groups -OCH3 is 1. The second-order valence-corrected chi connectivity index (χ2v) is 7.97. The van der Waals surface area contributed by atoms with Gasteiger partial charge in [0.05, 0.1) is 6.04 Å². The third-order valence-corrected chi connectivity index (χ3v) is 5.90. The second kappa shape index (κ2) is 8.57. The van der Waals surface area contributed by atoms with E-state index in [1.54, 1.807) is 24.3 Å². The molecule has 1 N–H and O–H groups in total. The molecule has 1 fully saturated rings. The maximum Gasteiger partial charge on any atom is 0.407 e. The zero-order valence-corrected chi connectivity index (χ0v) is 17.4. The summed E-state index contributed by atoms with van der Waals surface area (Å²) >= 11 is 6.35. The molecule has 1 saturated heterocycles. The van der Waals surface area contributed by atoms with Gasteiger partial charge in [-0.25, -0.2) is 14.8 Å². The Morgan fingerprint density at radius 3 is 2.93 bits per heavy atom. The van der Waals surface area contributed by atoms with Gasteiger partial charge in [0.2, 0.25) is 0 Å². The highest BCUT2D eigenvalue weighted by Crippen LogP contribution is 2.38. The van der Waals surface area contributed by atoms with Crippen molar-refractivity contribution in [3.8, 4) is 0 Å². The van der Waals surface area contributed by atoms with Crippen LogP contribution in [0.1, 0.15) is 51.9 Å². The highest BCUT2D eigenvalue weighted by Gasteiger charge is 2.34. The number of carbonyl (C=O) groups is 2. The summed E-state index contributed by atoms with van der Waals surface area (Å²) in [6.07, 6.45) is 2.84. The van der Waals surface area contributed by atoms with Gasteiger partial charge in [0.15, 0.2) is 5.82 Å². The number of amides is 2. The molecular formula is C21H23ClN4O4. The van der Waals surface area contributed by atoms with Gasteiger partial charge in [-0.15, -0.1) is 0 Å². The predicted octanol–water partition coefficient (Wildman–Crippen LogP) is 3.29. The lowest BCUT2D eigenvalue weighted by Gasteiger charge is -2.33. The number of hydrogen-bond acceptors (Lipinski definition) is 5. The van der Waals surface area contributed by atoms with Gasteiger partial charge in [-0.3, -0.25) is 4.79 Å². The van der Waals surface area contributed by atoms with Crippen LogP contribution in [0.25, 0.3) is 0 Å². The first kappa shape index (κ1) is 20.6. The summed E-state index contributed by atoms with van der Waals surface area (Å²) in [5.41, 5.74) is 3.28. The lowest BCUT2D eigenvalue weighted by Crippen LogP contribution is -2.38. The first-order valence-corrected chi connectivity index (χ1v) is 10.3. The average molecular weight is 431 g/mol. The first-order valence-electron chi connectivity index (χ1n) is 9.89. The van der Waals surface area contributed by atoms with Gasteiger partial charge in [0.25, 0.3) is 5.91 Å². The quantitative estimate of drug-likeness (QED) is 0.799. The third kappa shape index (κ3) is 3.97. The number of nitrogens with zero attached hydrogens (tertiary/aromatic N) is 4. The summed E-state index contributed by atoms with van der Waals surface area (Å²) in [6.45, 7) is 1.68. The molecule has 2 amide bonds. The Bertz CT molecular complexity index is 983. The molecule has 0 saturated carbocycles. The summed E-state index contributed by atoms with van der Waals surface area (Å²) in [6, 6.07) is 5.13. The van der Waals surface area contributed by atoms with Crippen molar-refractivity contribution < 1.29 is 19.4 Å². The van der Waals surface area contributed by atoms with E-state index in [-0.39, 0.29) is 18.6 Å². The number of rotatable bonds is 4. The minimum Gasteiger partial charge on any atom is -0.465 e. The van der Waals surface area contributed by atoms with Crippen LogP contribution in [0.4, 0.5) is 4.79 Å². The Morgan fingerprint density at radius 1 is 1.33 bits per heavy atom. The van der Waals surface area contributed by atoms with Crippen LogP contribution in [-0.4, -0.2) is 57.1 Å². The van der Waals surface area contributed by atoms with Crippen LogP contribution in [-0.2, 0) is 24.3 Å². The Balaban J connectivity index is 1.64. The van der Waals surface area contributed by atoms with E-state index < -0.39 is 6.09 Å². The average Bonchev–Trinajstić information content (AvgIpc) is 3.23. The first-order chi connectivity index (χ1) is 14.5. The number of aromatic nitrogens is 2. The van der Waals surface area contributed by atoms with Crippen LogP contribution < -0.4 is 0 Å². The number of carboxylic acid groups (broad SMARTS) is 1. The van der Waals surface area contributed by atoms with Gasteiger partial charge < -0.3 is 19.6 Å². The van der Waals surface area contributed by atoms with E-state index in [1.165, 1.54) is 4.90 Å². The van der Waals surface area contributed by atoms with Gasteiger partial charge >= 0.3 is 6.09 Å². The summed E-state index contributed by atoms with van der Waals surface area (Å²) < 4.78 is 5.05. The van der Waals surface area contributed by atoms with Gasteiger partial charge in [-0.1, -0.05) is 11.6 Å². The normalized spacial score (nSPS) is 18.4. The van der Waals surface area contributed by atoms with E-state index in [9.17, 15) is 14.7 Å². The van der Waals surface area contributed by atoms with Gasteiger partial charge in [-0.05, 0) is 54.2 Å². The van der Waals surface area contributed by atoms with E-state index in [0.29, 0.717) is 42.6 Å². The molecule has 0 bridgehead atoms. The minimum absolute atomic E-state index is 0.178. The molecule has 158 valence electrons. The molecule has 1 aromatic heterocycles. The van der Waals surface area contributed by atoms with Crippen molar-refractivity contribution in [3.05, 3.63) is 57.6 Å². The van der Waals surface area contributed by atoms with Gasteiger partial charge in [0, 0.05) is 38.0 Å². The molecule has 1 unspecified atom stereocenters. The van der Waals surface area contributed by atoms with Gasteiger partial charge in [-0.2, -0.15) is 0 Å².